The molecule has 2 aliphatic rings. The molecular weight excluding hydrogens is 426 g/mol. The predicted molar refractivity (Wildman–Crippen MR) is 127 cm³/mol. The van der Waals surface area contributed by atoms with E-state index in [0.29, 0.717) is 53.2 Å². The summed E-state index contributed by atoms with van der Waals surface area (Å²) in [6, 6.07) is 14.3. The zero-order valence-corrected chi connectivity index (χ0v) is 19.4. The Balaban J connectivity index is 1.72. The van der Waals surface area contributed by atoms with Gasteiger partial charge in [0.25, 0.3) is 11.8 Å². The number of halogens is 1. The minimum atomic E-state index is -0.331. The first-order chi connectivity index (χ1) is 15.3. The van der Waals surface area contributed by atoms with Gasteiger partial charge in [-0.2, -0.15) is 0 Å². The molecule has 1 fully saturated rings. The lowest BCUT2D eigenvalue weighted by atomic mass is 10.0. The van der Waals surface area contributed by atoms with E-state index in [-0.39, 0.29) is 11.8 Å². The third-order valence-electron chi connectivity index (χ3n) is 5.67. The van der Waals surface area contributed by atoms with Crippen molar-refractivity contribution in [3.63, 3.8) is 0 Å². The molecule has 4 rings (SSSR count). The topological polar surface area (TPSA) is 53.1 Å². The third-order valence-corrected chi connectivity index (χ3v) is 5.91. The molecule has 0 unspecified atom stereocenters. The molecule has 0 bridgehead atoms. The fourth-order valence-electron chi connectivity index (χ4n) is 3.93. The Morgan fingerprint density at radius 1 is 0.969 bits per heavy atom. The average Bonchev–Trinajstić information content (AvgIpc) is 3.03. The molecule has 2 aromatic carbocycles. The molecule has 2 aliphatic heterocycles. The molecule has 0 aliphatic carbocycles. The smallest absolute Gasteiger partial charge is 0.282 e. The van der Waals surface area contributed by atoms with Crippen molar-refractivity contribution in [3.8, 4) is 5.75 Å². The summed E-state index contributed by atoms with van der Waals surface area (Å²) in [5.74, 6) is 0.521. The number of benzene rings is 2. The fourth-order valence-corrected chi connectivity index (χ4v) is 4.12. The summed E-state index contributed by atoms with van der Waals surface area (Å²) in [6.45, 7) is 7.84. The average molecular weight is 454 g/mol. The van der Waals surface area contributed by atoms with Gasteiger partial charge in [0.05, 0.1) is 17.9 Å². The summed E-state index contributed by atoms with van der Waals surface area (Å²) in [5, 5.41) is 0.476. The van der Waals surface area contributed by atoms with Crippen LogP contribution in [0.4, 0.5) is 5.69 Å². The maximum atomic E-state index is 13.6. The van der Waals surface area contributed by atoms with Gasteiger partial charge in [-0.3, -0.25) is 9.59 Å². The summed E-state index contributed by atoms with van der Waals surface area (Å²) in [4.78, 5) is 32.6. The Morgan fingerprint density at radius 2 is 1.66 bits per heavy atom. The van der Waals surface area contributed by atoms with Gasteiger partial charge in [0.15, 0.2) is 0 Å². The van der Waals surface area contributed by atoms with Gasteiger partial charge >= 0.3 is 0 Å². The summed E-state index contributed by atoms with van der Waals surface area (Å²) >= 11 is 6.15. The SMILES string of the molecule is CC(C)COc1ccc(C2=C(N3CCN(C)CC3)C(=O)N(c3cccc(Cl)c3)C2=O)cc1. The number of imide groups is 1. The van der Waals surface area contributed by atoms with Crippen molar-refractivity contribution >= 4 is 34.7 Å². The van der Waals surface area contributed by atoms with Crippen molar-refractivity contribution in [1.29, 1.82) is 0 Å². The van der Waals surface area contributed by atoms with Crippen LogP contribution in [0, 0.1) is 5.92 Å². The van der Waals surface area contributed by atoms with Crippen LogP contribution >= 0.6 is 11.6 Å². The van der Waals surface area contributed by atoms with Crippen LogP contribution in [0.1, 0.15) is 19.4 Å². The van der Waals surface area contributed by atoms with Crippen LogP contribution < -0.4 is 9.64 Å². The van der Waals surface area contributed by atoms with Gasteiger partial charge in [-0.15, -0.1) is 0 Å². The van der Waals surface area contributed by atoms with E-state index in [1.54, 1.807) is 24.3 Å². The van der Waals surface area contributed by atoms with Crippen LogP contribution in [-0.4, -0.2) is 61.4 Å². The van der Waals surface area contributed by atoms with Gasteiger partial charge in [-0.1, -0.05) is 43.6 Å². The quantitative estimate of drug-likeness (QED) is 0.621. The lowest BCUT2D eigenvalue weighted by Gasteiger charge is -2.34. The molecule has 0 radical (unpaired) electrons. The second-order valence-electron chi connectivity index (χ2n) is 8.67. The number of amides is 2. The normalized spacial score (nSPS) is 17.7. The lowest BCUT2D eigenvalue weighted by molar-refractivity contribution is -0.120. The van der Waals surface area contributed by atoms with Crippen LogP contribution in [0.5, 0.6) is 5.75 Å². The summed E-state index contributed by atoms with van der Waals surface area (Å²) in [7, 11) is 2.06. The zero-order valence-electron chi connectivity index (χ0n) is 18.7. The number of rotatable bonds is 6. The molecule has 2 aromatic rings. The van der Waals surface area contributed by atoms with Crippen LogP contribution in [-0.2, 0) is 9.59 Å². The molecule has 2 heterocycles. The summed E-state index contributed by atoms with van der Waals surface area (Å²) < 4.78 is 5.78. The summed E-state index contributed by atoms with van der Waals surface area (Å²) in [6.07, 6.45) is 0. The first kappa shape index (κ1) is 22.4. The van der Waals surface area contributed by atoms with Crippen LogP contribution in [0.15, 0.2) is 54.2 Å². The van der Waals surface area contributed by atoms with E-state index in [1.807, 2.05) is 29.2 Å². The highest BCUT2D eigenvalue weighted by molar-refractivity contribution is 6.45. The van der Waals surface area contributed by atoms with E-state index in [9.17, 15) is 9.59 Å². The minimum absolute atomic E-state index is 0.308. The molecule has 7 heteroatoms. The number of ether oxygens (including phenoxy) is 1. The third kappa shape index (κ3) is 4.52. The Hall–Kier alpha value is -2.83. The number of nitrogens with zero attached hydrogens (tertiary/aromatic N) is 3. The Kier molecular flexibility index (Phi) is 6.53. The molecule has 2 amide bonds. The van der Waals surface area contributed by atoms with Gasteiger partial charge < -0.3 is 14.5 Å². The second-order valence-corrected chi connectivity index (χ2v) is 9.11. The van der Waals surface area contributed by atoms with E-state index in [4.69, 9.17) is 16.3 Å². The number of piperazine rings is 1. The number of carbonyl (C=O) groups is 2. The first-order valence-corrected chi connectivity index (χ1v) is 11.3. The van der Waals surface area contributed by atoms with Crippen LogP contribution in [0.2, 0.25) is 5.02 Å². The molecule has 1 saturated heterocycles. The van der Waals surface area contributed by atoms with Gasteiger partial charge in [0.2, 0.25) is 0 Å². The number of anilines is 1. The van der Waals surface area contributed by atoms with E-state index >= 15 is 0 Å². The molecule has 6 nitrogen and oxygen atoms in total. The Bertz CT molecular complexity index is 1040. The van der Waals surface area contributed by atoms with Crippen molar-refractivity contribution in [1.82, 2.24) is 9.80 Å². The zero-order chi connectivity index (χ0) is 22.8. The number of likely N-dealkylation sites (N-methyl/N-ethyl adjacent to an activating group) is 1. The number of hydrogen-bond acceptors (Lipinski definition) is 5. The Labute approximate surface area is 194 Å². The highest BCUT2D eigenvalue weighted by Gasteiger charge is 2.43. The number of carbonyl (C=O) groups excluding carboxylic acids is 2. The highest BCUT2D eigenvalue weighted by Crippen LogP contribution is 2.36. The van der Waals surface area contributed by atoms with Crippen LogP contribution in [0.25, 0.3) is 5.57 Å². The van der Waals surface area contributed by atoms with Gasteiger partial charge in [0, 0.05) is 31.2 Å². The van der Waals surface area contributed by atoms with E-state index < -0.39 is 0 Å². The highest BCUT2D eigenvalue weighted by atomic mass is 35.5. The standard InChI is InChI=1S/C25H28ClN3O3/c1-17(2)16-32-21-9-7-18(8-10-21)22-23(28-13-11-27(3)12-14-28)25(31)29(24(22)30)20-6-4-5-19(26)15-20/h4-10,15,17H,11-14,16H2,1-3H3. The Morgan fingerprint density at radius 3 is 2.28 bits per heavy atom. The fraction of sp³-hybridized carbons (Fsp3) is 0.360. The summed E-state index contributed by atoms with van der Waals surface area (Å²) in [5.41, 5.74) is 2.07. The van der Waals surface area contributed by atoms with E-state index in [1.165, 1.54) is 4.90 Å². The molecule has 32 heavy (non-hydrogen) atoms. The maximum absolute atomic E-state index is 13.6. The van der Waals surface area contributed by atoms with Crippen molar-refractivity contribution in [3.05, 3.63) is 64.8 Å². The van der Waals surface area contributed by atoms with E-state index in [2.05, 4.69) is 25.8 Å². The molecule has 168 valence electrons. The molecule has 0 saturated carbocycles. The van der Waals surface area contributed by atoms with Gasteiger partial charge in [-0.25, -0.2) is 4.90 Å². The molecule has 0 spiro atoms. The lowest BCUT2D eigenvalue weighted by Crippen LogP contribution is -2.46. The molecule has 0 aromatic heterocycles. The van der Waals surface area contributed by atoms with Crippen LogP contribution in [0.3, 0.4) is 0 Å². The largest absolute Gasteiger partial charge is 0.493 e. The first-order valence-electron chi connectivity index (χ1n) is 10.9. The van der Waals surface area contributed by atoms with Gasteiger partial charge in [-0.05, 0) is 48.9 Å². The minimum Gasteiger partial charge on any atom is -0.493 e. The maximum Gasteiger partial charge on any atom is 0.282 e. The van der Waals surface area contributed by atoms with Crippen molar-refractivity contribution < 1.29 is 14.3 Å². The molecule has 0 N–H and O–H groups in total. The van der Waals surface area contributed by atoms with E-state index in [0.717, 1.165) is 18.8 Å². The monoisotopic (exact) mass is 453 g/mol. The van der Waals surface area contributed by atoms with Crippen molar-refractivity contribution in [2.45, 2.75) is 13.8 Å². The van der Waals surface area contributed by atoms with Crippen molar-refractivity contribution in [2.75, 3.05) is 44.7 Å². The second kappa shape index (κ2) is 9.35. The predicted octanol–water partition coefficient (Wildman–Crippen LogP) is 3.91. The van der Waals surface area contributed by atoms with Gasteiger partial charge in [0.1, 0.15) is 11.4 Å². The molecular formula is C25H28ClN3O3. The van der Waals surface area contributed by atoms with Crippen molar-refractivity contribution in [2.24, 2.45) is 5.92 Å². The molecule has 0 atom stereocenters. The number of hydrogen-bond donors (Lipinski definition) is 0.